The van der Waals surface area contributed by atoms with E-state index < -0.39 is 0 Å². The third-order valence-corrected chi connectivity index (χ3v) is 4.09. The zero-order valence-corrected chi connectivity index (χ0v) is 12.3. The van der Waals surface area contributed by atoms with Crippen LogP contribution in [0.1, 0.15) is 45.4 Å². The Morgan fingerprint density at radius 3 is 2.65 bits per heavy atom. The van der Waals surface area contributed by atoms with E-state index in [1.165, 1.54) is 0 Å². The minimum atomic E-state index is -0.278. The molecule has 5 heteroatoms. The fourth-order valence-corrected chi connectivity index (χ4v) is 2.91. The van der Waals surface area contributed by atoms with E-state index in [1.807, 2.05) is 6.92 Å². The SMILES string of the molecule is CCN=C1CCCC/C1=C(/N)C(=O)N1CCC(O)CC1. The first-order valence-electron chi connectivity index (χ1n) is 7.63. The Bertz CT molecular complexity index is 421. The standard InChI is InChI=1S/C15H25N3O2/c1-2-17-13-6-4-3-5-12(13)14(16)15(20)18-9-7-11(19)8-10-18/h11,19H,2-10,16H2,1H3/b14-12-,17-13?. The molecule has 0 aromatic carbocycles. The maximum atomic E-state index is 12.5. The Labute approximate surface area is 120 Å². The molecule has 0 aromatic rings. The average Bonchev–Trinajstić information content (AvgIpc) is 2.47. The van der Waals surface area contributed by atoms with Gasteiger partial charge in [-0.15, -0.1) is 0 Å². The van der Waals surface area contributed by atoms with Crippen molar-refractivity contribution in [2.45, 2.75) is 51.6 Å². The first-order chi connectivity index (χ1) is 9.63. The number of carbonyl (C=O) groups is 1. The molecule has 0 bridgehead atoms. The number of rotatable bonds is 2. The van der Waals surface area contributed by atoms with Crippen molar-refractivity contribution in [1.82, 2.24) is 4.90 Å². The lowest BCUT2D eigenvalue weighted by molar-refractivity contribution is -0.129. The van der Waals surface area contributed by atoms with Crippen molar-refractivity contribution >= 4 is 11.6 Å². The number of nitrogens with two attached hydrogens (primary N) is 1. The van der Waals surface area contributed by atoms with Crippen LogP contribution in [0.4, 0.5) is 0 Å². The number of carbonyl (C=O) groups excluding carboxylic acids is 1. The number of piperidine rings is 1. The van der Waals surface area contributed by atoms with Gasteiger partial charge >= 0.3 is 0 Å². The summed E-state index contributed by atoms with van der Waals surface area (Å²) in [4.78, 5) is 18.7. The summed E-state index contributed by atoms with van der Waals surface area (Å²) >= 11 is 0. The summed E-state index contributed by atoms with van der Waals surface area (Å²) in [6.45, 7) is 3.92. The quantitative estimate of drug-likeness (QED) is 0.746. The molecule has 2 aliphatic rings. The van der Waals surface area contributed by atoms with Gasteiger partial charge in [0.1, 0.15) is 5.70 Å². The van der Waals surface area contributed by atoms with E-state index in [0.29, 0.717) is 31.6 Å². The highest BCUT2D eigenvalue weighted by molar-refractivity contribution is 6.08. The fourth-order valence-electron chi connectivity index (χ4n) is 2.91. The number of allylic oxidation sites excluding steroid dienone is 1. The molecule has 20 heavy (non-hydrogen) atoms. The van der Waals surface area contributed by atoms with Crippen molar-refractivity contribution in [3.8, 4) is 0 Å². The number of hydrogen-bond donors (Lipinski definition) is 2. The van der Waals surface area contributed by atoms with E-state index in [9.17, 15) is 9.90 Å². The summed E-state index contributed by atoms with van der Waals surface area (Å²) in [5.74, 6) is -0.0856. The summed E-state index contributed by atoms with van der Waals surface area (Å²) in [6, 6.07) is 0. The molecular formula is C15H25N3O2. The van der Waals surface area contributed by atoms with Crippen molar-refractivity contribution in [1.29, 1.82) is 0 Å². The van der Waals surface area contributed by atoms with Gasteiger partial charge in [0.05, 0.1) is 6.10 Å². The molecule has 0 unspecified atom stereocenters. The molecule has 1 aliphatic carbocycles. The molecule has 1 saturated heterocycles. The molecule has 0 atom stereocenters. The molecule has 2 fully saturated rings. The number of nitrogens with zero attached hydrogens (tertiary/aromatic N) is 2. The van der Waals surface area contributed by atoms with E-state index in [2.05, 4.69) is 4.99 Å². The van der Waals surface area contributed by atoms with Crippen LogP contribution in [-0.2, 0) is 4.79 Å². The molecule has 2 rings (SSSR count). The molecule has 1 saturated carbocycles. The van der Waals surface area contributed by atoms with Crippen LogP contribution >= 0.6 is 0 Å². The number of aliphatic hydroxyl groups is 1. The third-order valence-electron chi connectivity index (χ3n) is 4.09. The van der Waals surface area contributed by atoms with Gasteiger partial charge in [-0.1, -0.05) is 0 Å². The summed E-state index contributed by atoms with van der Waals surface area (Å²) in [6.07, 6.45) is 4.99. The lowest BCUT2D eigenvalue weighted by atomic mass is 9.90. The van der Waals surface area contributed by atoms with Crippen molar-refractivity contribution in [2.75, 3.05) is 19.6 Å². The Balaban J connectivity index is 2.14. The number of amides is 1. The minimum Gasteiger partial charge on any atom is -0.394 e. The third kappa shape index (κ3) is 3.39. The van der Waals surface area contributed by atoms with E-state index in [4.69, 9.17) is 5.73 Å². The minimum absolute atomic E-state index is 0.0856. The van der Waals surface area contributed by atoms with Gasteiger partial charge in [0.15, 0.2) is 0 Å². The Morgan fingerprint density at radius 1 is 1.35 bits per heavy atom. The van der Waals surface area contributed by atoms with E-state index in [1.54, 1.807) is 4.90 Å². The normalized spacial score (nSPS) is 25.9. The molecule has 0 radical (unpaired) electrons. The average molecular weight is 279 g/mol. The Hall–Kier alpha value is -1.36. The summed E-state index contributed by atoms with van der Waals surface area (Å²) in [5, 5.41) is 9.51. The molecule has 1 aliphatic heterocycles. The van der Waals surface area contributed by atoms with Gasteiger partial charge in [0, 0.05) is 30.9 Å². The van der Waals surface area contributed by atoms with Crippen molar-refractivity contribution in [3.05, 3.63) is 11.3 Å². The van der Waals surface area contributed by atoms with Gasteiger partial charge in [0.2, 0.25) is 0 Å². The fraction of sp³-hybridized carbons (Fsp3) is 0.733. The smallest absolute Gasteiger partial charge is 0.270 e. The molecular weight excluding hydrogens is 254 g/mol. The number of aliphatic hydroxyl groups excluding tert-OH is 1. The van der Waals surface area contributed by atoms with Gasteiger partial charge in [-0.2, -0.15) is 0 Å². The van der Waals surface area contributed by atoms with Gasteiger partial charge in [0.25, 0.3) is 5.91 Å². The highest BCUT2D eigenvalue weighted by Crippen LogP contribution is 2.24. The maximum Gasteiger partial charge on any atom is 0.270 e. The van der Waals surface area contributed by atoms with Crippen LogP contribution in [0.3, 0.4) is 0 Å². The van der Waals surface area contributed by atoms with Crippen LogP contribution in [0.5, 0.6) is 0 Å². The Morgan fingerprint density at radius 2 is 2.00 bits per heavy atom. The molecule has 1 heterocycles. The molecule has 3 N–H and O–H groups in total. The molecule has 0 aromatic heterocycles. The number of aliphatic imine (C=N–C) groups is 1. The van der Waals surface area contributed by atoms with Crippen molar-refractivity contribution in [2.24, 2.45) is 10.7 Å². The highest BCUT2D eigenvalue weighted by atomic mass is 16.3. The maximum absolute atomic E-state index is 12.5. The molecule has 5 nitrogen and oxygen atoms in total. The second-order valence-electron chi connectivity index (χ2n) is 5.54. The number of likely N-dealkylation sites (tertiary alicyclic amines) is 1. The summed E-state index contributed by atoms with van der Waals surface area (Å²) in [7, 11) is 0. The van der Waals surface area contributed by atoms with E-state index in [-0.39, 0.29) is 12.0 Å². The van der Waals surface area contributed by atoms with Gasteiger partial charge < -0.3 is 15.7 Å². The van der Waals surface area contributed by atoms with Crippen molar-refractivity contribution < 1.29 is 9.90 Å². The first-order valence-corrected chi connectivity index (χ1v) is 7.63. The Kier molecular flexibility index (Phi) is 5.17. The largest absolute Gasteiger partial charge is 0.394 e. The zero-order valence-electron chi connectivity index (χ0n) is 12.3. The molecule has 0 spiro atoms. The lowest BCUT2D eigenvalue weighted by Crippen LogP contribution is -2.42. The van der Waals surface area contributed by atoms with Crippen LogP contribution in [0, 0.1) is 0 Å². The second-order valence-corrected chi connectivity index (χ2v) is 5.54. The first kappa shape index (κ1) is 15.0. The van der Waals surface area contributed by atoms with Crippen LogP contribution < -0.4 is 5.73 Å². The van der Waals surface area contributed by atoms with Gasteiger partial charge in [-0.3, -0.25) is 9.79 Å². The van der Waals surface area contributed by atoms with E-state index >= 15 is 0 Å². The summed E-state index contributed by atoms with van der Waals surface area (Å²) in [5.41, 5.74) is 8.46. The van der Waals surface area contributed by atoms with Crippen LogP contribution in [-0.4, -0.2) is 47.4 Å². The zero-order chi connectivity index (χ0) is 14.5. The van der Waals surface area contributed by atoms with Crippen LogP contribution in [0.2, 0.25) is 0 Å². The number of hydrogen-bond acceptors (Lipinski definition) is 4. The topological polar surface area (TPSA) is 78.9 Å². The second kappa shape index (κ2) is 6.88. The van der Waals surface area contributed by atoms with Gasteiger partial charge in [-0.25, -0.2) is 0 Å². The molecule has 1 amide bonds. The summed E-state index contributed by atoms with van der Waals surface area (Å²) < 4.78 is 0. The monoisotopic (exact) mass is 279 g/mol. The van der Waals surface area contributed by atoms with Crippen LogP contribution in [0.25, 0.3) is 0 Å². The molecule has 112 valence electrons. The predicted molar refractivity (Wildman–Crippen MR) is 79.5 cm³/mol. The van der Waals surface area contributed by atoms with E-state index in [0.717, 1.165) is 43.5 Å². The van der Waals surface area contributed by atoms with Crippen LogP contribution in [0.15, 0.2) is 16.3 Å². The van der Waals surface area contributed by atoms with Crippen molar-refractivity contribution in [3.63, 3.8) is 0 Å². The predicted octanol–water partition coefficient (Wildman–Crippen LogP) is 1.22. The van der Waals surface area contributed by atoms with Gasteiger partial charge in [-0.05, 0) is 45.4 Å². The lowest BCUT2D eigenvalue weighted by Gasteiger charge is -2.30. The highest BCUT2D eigenvalue weighted by Gasteiger charge is 2.26.